The highest BCUT2D eigenvalue weighted by Crippen LogP contribution is 2.15. The van der Waals surface area contributed by atoms with E-state index >= 15 is 0 Å². The van der Waals surface area contributed by atoms with Crippen LogP contribution in [0.25, 0.3) is 0 Å². The number of hydrogen-bond donors (Lipinski definition) is 0. The molecule has 150 valence electrons. The van der Waals surface area contributed by atoms with Crippen molar-refractivity contribution in [2.75, 3.05) is 5.75 Å². The largest absolute Gasteiger partial charge is 0.748 e. The summed E-state index contributed by atoms with van der Waals surface area (Å²) in [6.45, 7) is 2.13. The van der Waals surface area contributed by atoms with Crippen LogP contribution in [-0.2, 0) is 10.1 Å². The van der Waals surface area contributed by atoms with Crippen LogP contribution < -0.4 is 10.6 Å². The fraction of sp³-hybridized carbons (Fsp3) is 0.400. The molecule has 0 heterocycles. The average Bonchev–Trinajstić information content (AvgIpc) is 2.62. The van der Waals surface area contributed by atoms with Gasteiger partial charge in [-0.15, -0.1) is 0 Å². The lowest BCUT2D eigenvalue weighted by Gasteiger charge is -2.05. The summed E-state index contributed by atoms with van der Waals surface area (Å²) in [6, 6.07) is 16.0. The lowest BCUT2D eigenvalue weighted by atomic mass is 10.1. The molecule has 0 unspecified atom stereocenters. The van der Waals surface area contributed by atoms with E-state index in [4.69, 9.17) is 23.2 Å². The van der Waals surface area contributed by atoms with Gasteiger partial charge < -0.3 is 4.55 Å². The van der Waals surface area contributed by atoms with Crippen LogP contribution in [0.4, 0.5) is 0 Å². The molecule has 0 N–H and O–H groups in total. The summed E-state index contributed by atoms with van der Waals surface area (Å²) in [5, 5.41) is 4.24. The Balaban J connectivity index is 0.000000279. The van der Waals surface area contributed by atoms with Crippen LogP contribution in [0.2, 0.25) is 10.0 Å². The normalized spacial score (nSPS) is 11.0. The zero-order valence-corrected chi connectivity index (χ0v) is 19.0. The lowest BCUT2D eigenvalue weighted by molar-refractivity contribution is 0.459. The second kappa shape index (κ2) is 13.5. The molecule has 2 aromatic rings. The molecule has 3 nitrogen and oxygen atoms in total. The molecule has 0 saturated carbocycles. The minimum Gasteiger partial charge on any atom is -0.748 e. The molecule has 27 heavy (non-hydrogen) atoms. The number of halogens is 2. The van der Waals surface area contributed by atoms with Crippen LogP contribution in [-0.4, -0.2) is 18.7 Å². The fourth-order valence-corrected chi connectivity index (χ4v) is 4.33. The van der Waals surface area contributed by atoms with Gasteiger partial charge in [-0.2, -0.15) is 0 Å². The van der Waals surface area contributed by atoms with Gasteiger partial charge in [-0.1, -0.05) is 62.2 Å². The quantitative estimate of drug-likeness (QED) is 0.299. The predicted octanol–water partition coefficient (Wildman–Crippen LogP) is 5.25. The molecule has 0 radical (unpaired) electrons. The van der Waals surface area contributed by atoms with E-state index in [1.807, 2.05) is 24.3 Å². The Morgan fingerprint density at radius 3 is 1.59 bits per heavy atom. The number of unbranched alkanes of at least 4 members (excludes halogenated alkanes) is 5. The maximum Gasteiger partial charge on any atom is 0.0945 e. The minimum atomic E-state index is -3.97. The van der Waals surface area contributed by atoms with Gasteiger partial charge >= 0.3 is 0 Å². The zero-order valence-electron chi connectivity index (χ0n) is 15.5. The van der Waals surface area contributed by atoms with Gasteiger partial charge in [0, 0.05) is 15.8 Å². The smallest absolute Gasteiger partial charge is 0.0945 e. The van der Waals surface area contributed by atoms with E-state index in [0.29, 0.717) is 6.42 Å². The summed E-state index contributed by atoms with van der Waals surface area (Å²) >= 11 is 11.7. The molecule has 0 fully saturated rings. The van der Waals surface area contributed by atoms with E-state index in [1.54, 1.807) is 0 Å². The average molecular weight is 449 g/mol. The van der Waals surface area contributed by atoms with Gasteiger partial charge in [0.15, 0.2) is 0 Å². The topological polar surface area (TPSA) is 57.2 Å². The first-order valence-corrected chi connectivity index (χ1v) is 12.6. The Bertz CT molecular complexity index is 704. The second-order valence-electron chi connectivity index (χ2n) is 6.28. The van der Waals surface area contributed by atoms with Gasteiger partial charge in [0.1, 0.15) is 0 Å². The van der Waals surface area contributed by atoms with E-state index in [1.165, 1.54) is 23.5 Å². The first kappa shape index (κ1) is 24.4. The molecule has 0 bridgehead atoms. The van der Waals surface area contributed by atoms with Gasteiger partial charge in [-0.3, -0.25) is 0 Å². The molecular weight excluding hydrogens is 422 g/mol. The highest BCUT2D eigenvalue weighted by atomic mass is 35.5. The van der Waals surface area contributed by atoms with Crippen LogP contribution in [0.1, 0.15) is 45.4 Å². The zero-order chi connectivity index (χ0) is 20.1. The molecule has 0 aliphatic heterocycles. The third kappa shape index (κ3) is 13.2. The third-order valence-corrected chi connectivity index (χ3v) is 6.55. The fourth-order valence-electron chi connectivity index (χ4n) is 2.37. The van der Waals surface area contributed by atoms with E-state index in [2.05, 4.69) is 31.2 Å². The van der Waals surface area contributed by atoms with Crippen molar-refractivity contribution in [2.24, 2.45) is 0 Å². The van der Waals surface area contributed by atoms with Crippen LogP contribution in [0, 0.1) is 0 Å². The molecule has 0 aliphatic rings. The molecule has 0 aliphatic carbocycles. The molecule has 0 aromatic heterocycles. The first-order chi connectivity index (χ1) is 12.8. The number of benzene rings is 2. The Morgan fingerprint density at radius 2 is 1.19 bits per heavy atom. The van der Waals surface area contributed by atoms with Crippen molar-refractivity contribution in [3.63, 3.8) is 0 Å². The van der Waals surface area contributed by atoms with Crippen molar-refractivity contribution in [1.82, 2.24) is 0 Å². The Hall–Kier alpha value is -0.640. The molecule has 0 saturated heterocycles. The van der Waals surface area contributed by atoms with E-state index in [-0.39, 0.29) is 14.3 Å². The van der Waals surface area contributed by atoms with Gasteiger partial charge in [0.25, 0.3) is 0 Å². The standard InChI is InChI=1S/C12H9Cl2P.C8H18O3S/c13-9-1-5-11(6-2-9)15-12-7-3-10(14)4-8-12;1-2-3-4-5-6-7-8-12(9,10)11/h1-8,15H;2-8H2,1H3,(H,9,10,11). The highest BCUT2D eigenvalue weighted by molar-refractivity contribution is 7.85. The first-order valence-electron chi connectivity index (χ1n) is 9.09. The van der Waals surface area contributed by atoms with Crippen LogP contribution in [0.15, 0.2) is 48.5 Å². The molecule has 0 atom stereocenters. The van der Waals surface area contributed by atoms with Crippen LogP contribution in [0.3, 0.4) is 0 Å². The van der Waals surface area contributed by atoms with Crippen molar-refractivity contribution in [3.05, 3.63) is 58.6 Å². The molecule has 2 rings (SSSR count). The van der Waals surface area contributed by atoms with Crippen molar-refractivity contribution in [2.45, 2.75) is 45.4 Å². The summed E-state index contributed by atoms with van der Waals surface area (Å²) < 4.78 is 30.5. The molecule has 7 heteroatoms. The number of hydrogen-bond acceptors (Lipinski definition) is 3. The SMILES string of the molecule is CCCCCCCCS(=O)(=O)[O-].Clc1ccc([PH2+]c2ccc(Cl)cc2)cc1. The summed E-state index contributed by atoms with van der Waals surface area (Å²) in [7, 11) is -3.83. The molecule has 0 spiro atoms. The van der Waals surface area contributed by atoms with Gasteiger partial charge in [-0.25, -0.2) is 8.42 Å². The van der Waals surface area contributed by atoms with Crippen LogP contribution >= 0.6 is 31.8 Å². The Labute approximate surface area is 175 Å². The van der Waals surface area contributed by atoms with E-state index in [9.17, 15) is 13.0 Å². The molecule has 0 amide bonds. The minimum absolute atomic E-state index is 0.134. The third-order valence-electron chi connectivity index (χ3n) is 3.82. The Kier molecular flexibility index (Phi) is 12.2. The van der Waals surface area contributed by atoms with E-state index < -0.39 is 10.1 Å². The van der Waals surface area contributed by atoms with Crippen molar-refractivity contribution < 1.29 is 13.0 Å². The molecular formula is C20H27Cl2O3PS. The van der Waals surface area contributed by atoms with E-state index in [0.717, 1.165) is 29.3 Å². The molecule has 2 aromatic carbocycles. The maximum atomic E-state index is 10.2. The van der Waals surface area contributed by atoms with Gasteiger partial charge in [-0.05, 0) is 55.0 Å². The predicted molar refractivity (Wildman–Crippen MR) is 120 cm³/mol. The summed E-state index contributed by atoms with van der Waals surface area (Å²) in [5.74, 6) is -0.195. The maximum absolute atomic E-state index is 10.2. The highest BCUT2D eigenvalue weighted by Gasteiger charge is 2.03. The second-order valence-corrected chi connectivity index (χ2v) is 10.3. The summed E-state index contributed by atoms with van der Waals surface area (Å²) in [4.78, 5) is 0. The Morgan fingerprint density at radius 1 is 0.778 bits per heavy atom. The monoisotopic (exact) mass is 448 g/mol. The summed E-state index contributed by atoms with van der Waals surface area (Å²) in [6.07, 6.45) is 5.96. The van der Waals surface area contributed by atoms with Crippen LogP contribution in [0.5, 0.6) is 0 Å². The summed E-state index contributed by atoms with van der Waals surface area (Å²) in [5.41, 5.74) is 0. The lowest BCUT2D eigenvalue weighted by Crippen LogP contribution is -2.03. The number of rotatable bonds is 9. The van der Waals surface area contributed by atoms with Crippen molar-refractivity contribution >= 4 is 52.5 Å². The van der Waals surface area contributed by atoms with Gasteiger partial charge in [0.2, 0.25) is 0 Å². The van der Waals surface area contributed by atoms with Crippen molar-refractivity contribution in [1.29, 1.82) is 0 Å². The van der Waals surface area contributed by atoms with Gasteiger partial charge in [0.05, 0.1) is 29.3 Å². The van der Waals surface area contributed by atoms with Crippen molar-refractivity contribution in [3.8, 4) is 0 Å².